The maximum atomic E-state index is 11.9. The Morgan fingerprint density at radius 1 is 0.145 bits per heavy atom. The van der Waals surface area contributed by atoms with Gasteiger partial charge in [-0.05, 0) is 0 Å². The lowest BCUT2D eigenvalue weighted by molar-refractivity contribution is -0.406. The number of hydrogen-bond acceptors (Lipinski definition) is 50. The van der Waals surface area contributed by atoms with Gasteiger partial charge in [-0.3, -0.25) is 0 Å². The van der Waals surface area contributed by atoms with Gasteiger partial charge in [0.25, 0.3) is 0 Å². The van der Waals surface area contributed by atoms with Crippen LogP contribution >= 0.6 is 0 Å². The van der Waals surface area contributed by atoms with Gasteiger partial charge in [-0.1, -0.05) is 0 Å². The molecule has 0 radical (unpaired) electrons. The van der Waals surface area contributed by atoms with E-state index in [1.54, 1.807) is 0 Å². The highest BCUT2D eigenvalue weighted by molar-refractivity contribution is 5.04. The summed E-state index contributed by atoms with van der Waals surface area (Å²) >= 11 is 0. The smallest absolute Gasteiger partial charge is 0.187 e. The Hall–Kier alpha value is -2.00. The van der Waals surface area contributed by atoms with Gasteiger partial charge in [0.15, 0.2) is 62.9 Å². The standard InChI is InChI=1S/C60H100O50/c61-1-11-21(69)23(71)33(81)51(93-11)91-9-19-49-32(80)42(90)60(102-19)108-48-18(8-68)98-56(38(86)28(48)76)106-46-16(6-66)100-58(40(88)30(46)78)110-50-20(10-92-52-34(82)24(72)22(70)12(2-62)94-52)101-59(41(89)31(50)79)107-47-17(7-67)97-55(37(85)27(47)75)104-44-14(4-64)95-53(35(83)25(44)73)103-43-13(3-63)96-54(36(84)26(43)74)105-45-15(5-65)99-57(109-49)39(87)29(45)77/h11-90H,1-10H2/t11-,12-,13-,14-,15-,16-,17-,18-,19-,20-,21+,22+,23+,24+,25-,26-,27-,28-,29-,30-,31-,32-,33-,34-,35-,36-,37-,38-,39-,40-,41-,42-,43-,44-,45-,46-,47-,48-,49-,50-,51+,52+,53-,54-,55-,56-,57-,58-,59-,60-/m1/s1. The number of hydrogen-bond donors (Lipinski definition) is 30. The van der Waals surface area contributed by atoms with E-state index in [0.717, 1.165) is 0 Å². The molecule has 50 heteroatoms. The van der Waals surface area contributed by atoms with Crippen molar-refractivity contribution in [3.63, 3.8) is 0 Å². The average Bonchev–Trinajstić information content (AvgIpc) is 0.764. The zero-order valence-electron chi connectivity index (χ0n) is 57.5. The molecular formula is C60H100O50. The minimum atomic E-state index is -2.44. The van der Waals surface area contributed by atoms with Crippen LogP contribution in [0.25, 0.3) is 0 Å². The third kappa shape index (κ3) is 17.8. The largest absolute Gasteiger partial charge is 0.394 e. The molecule has 0 unspecified atom stereocenters. The Bertz CT molecular complexity index is 2750. The van der Waals surface area contributed by atoms with E-state index in [1.807, 2.05) is 0 Å². The molecule has 0 aromatic rings. The van der Waals surface area contributed by atoms with Crippen LogP contribution in [0.1, 0.15) is 0 Å². The second-order valence-electron chi connectivity index (χ2n) is 28.2. The summed E-state index contributed by atoms with van der Waals surface area (Å²) in [6.45, 7) is -11.1. The highest BCUT2D eigenvalue weighted by atomic mass is 16.8. The lowest BCUT2D eigenvalue weighted by atomic mass is 9.94. The summed E-state index contributed by atoms with van der Waals surface area (Å²) < 4.78 is 116. The molecule has 0 spiro atoms. The van der Waals surface area contributed by atoms with Crippen LogP contribution < -0.4 is 0 Å². The second kappa shape index (κ2) is 37.9. The molecule has 16 bridgehead atoms. The van der Waals surface area contributed by atoms with Crippen molar-refractivity contribution in [3.8, 4) is 0 Å². The molecule has 0 aliphatic carbocycles. The van der Waals surface area contributed by atoms with Gasteiger partial charge >= 0.3 is 0 Å². The monoisotopic (exact) mass is 1620 g/mol. The number of ether oxygens (including phenoxy) is 20. The van der Waals surface area contributed by atoms with Crippen LogP contribution in [0.2, 0.25) is 0 Å². The zero-order chi connectivity index (χ0) is 80.1. The molecular weight excluding hydrogens is 1520 g/mol. The molecule has 32 fully saturated rings. The minimum absolute atomic E-state index is 0.961. The molecule has 32 heterocycles. The van der Waals surface area contributed by atoms with Crippen molar-refractivity contribution in [1.82, 2.24) is 0 Å². The molecule has 32 saturated heterocycles. The van der Waals surface area contributed by atoms with E-state index in [9.17, 15) is 153 Å². The second-order valence-corrected chi connectivity index (χ2v) is 28.2. The maximum Gasteiger partial charge on any atom is 0.187 e. The average molecular weight is 1620 g/mol. The van der Waals surface area contributed by atoms with Crippen LogP contribution in [-0.4, -0.2) is 526 Å². The van der Waals surface area contributed by atoms with Crippen molar-refractivity contribution in [2.75, 3.05) is 66.1 Å². The van der Waals surface area contributed by atoms with Gasteiger partial charge < -0.3 is 248 Å². The molecule has 0 amide bonds. The Morgan fingerprint density at radius 3 is 0.464 bits per heavy atom. The van der Waals surface area contributed by atoms with Crippen molar-refractivity contribution >= 4 is 0 Å². The first kappa shape index (κ1) is 88.8. The summed E-state index contributed by atoms with van der Waals surface area (Å²) in [4.78, 5) is 0. The topological polar surface area (TPSA) is 792 Å². The summed E-state index contributed by atoms with van der Waals surface area (Å²) in [5.41, 5.74) is 0. The number of aliphatic hydroxyl groups excluding tert-OH is 30. The van der Waals surface area contributed by atoms with Crippen LogP contribution in [-0.2, 0) is 94.7 Å². The van der Waals surface area contributed by atoms with Gasteiger partial charge in [0, 0.05) is 0 Å². The van der Waals surface area contributed by atoms with Crippen molar-refractivity contribution in [1.29, 1.82) is 0 Å². The summed E-state index contributed by atoms with van der Waals surface area (Å²) in [7, 11) is 0. The molecule has 50 nitrogen and oxygen atoms in total. The van der Waals surface area contributed by atoms with E-state index in [-0.39, 0.29) is 0 Å². The van der Waals surface area contributed by atoms with E-state index in [1.165, 1.54) is 0 Å². The van der Waals surface area contributed by atoms with Crippen molar-refractivity contribution in [2.24, 2.45) is 0 Å². The van der Waals surface area contributed by atoms with Gasteiger partial charge in [0.1, 0.15) is 244 Å². The SMILES string of the molecule is OC[C@H]1O[C@H](OC[C@H]2O[C@@H]3O[C@H]4[C@H](O)[C@@H](O)[C@@H](O[C@H]5[C@H](O)[C@@H](O)[C@@H](O[C@H]6[C@H](O)[C@@H](O)[C@@H](O[C@H]7[C@H](O)[C@@H](O)[C@@H](O[C@H]8[C@H](O)[C@@H](O)[C@@H](O[C@H]9[C@H](O)[C@@H](O)[C@@H](O[C@H]%10[C@H](O)[C@@H](O)[C@@H](O[C@H]2[C@H](O)[C@H]3O)O[C@@H]%10CO)O[C@@H]9CO)O[C@@H]8CO)O[C@@H]7CO)O[C@@H]6CO[C@H]2O[C@H](CO)[C@H](O)[C@H](O)[C@H]2O)O[C@@H]5CO)O[C@@H]4CO)[C@H](O)[C@@H](O)[C@H]1O. The summed E-state index contributed by atoms with van der Waals surface area (Å²) in [6.07, 6.45) is -107. The lowest BCUT2D eigenvalue weighted by Gasteiger charge is -2.51. The number of aliphatic hydroxyl groups is 30. The van der Waals surface area contributed by atoms with Crippen molar-refractivity contribution in [3.05, 3.63) is 0 Å². The van der Waals surface area contributed by atoms with Gasteiger partial charge in [0.05, 0.1) is 66.1 Å². The van der Waals surface area contributed by atoms with Crippen LogP contribution in [0, 0.1) is 0 Å². The molecule has 32 aliphatic heterocycles. The zero-order valence-corrected chi connectivity index (χ0v) is 57.5. The minimum Gasteiger partial charge on any atom is -0.394 e. The Balaban J connectivity index is 0.893. The molecule has 50 atom stereocenters. The molecule has 32 aliphatic rings. The third-order valence-corrected chi connectivity index (χ3v) is 21.1. The lowest BCUT2D eigenvalue weighted by Crippen LogP contribution is -2.69. The summed E-state index contributed by atoms with van der Waals surface area (Å²) in [6, 6.07) is 0. The predicted molar refractivity (Wildman–Crippen MR) is 326 cm³/mol. The number of rotatable bonds is 14. The van der Waals surface area contributed by atoms with Gasteiger partial charge in [-0.15, -0.1) is 0 Å². The first-order valence-electron chi connectivity index (χ1n) is 35.2. The molecule has 640 valence electrons. The molecule has 0 aromatic heterocycles. The molecule has 32 rings (SSSR count). The highest BCUT2D eigenvalue weighted by Crippen LogP contribution is 2.41. The normalized spacial score (nSPS) is 55.1. The fourth-order valence-electron chi connectivity index (χ4n) is 14.7. The van der Waals surface area contributed by atoms with E-state index < -0.39 is 373 Å². The van der Waals surface area contributed by atoms with Crippen molar-refractivity contribution < 1.29 is 248 Å². The van der Waals surface area contributed by atoms with E-state index in [4.69, 9.17) is 94.7 Å². The van der Waals surface area contributed by atoms with Gasteiger partial charge in [0.2, 0.25) is 0 Å². The summed E-state index contributed by atoms with van der Waals surface area (Å²) in [5, 5.41) is 335. The maximum absolute atomic E-state index is 11.9. The van der Waals surface area contributed by atoms with Crippen LogP contribution in [0.4, 0.5) is 0 Å². The molecule has 30 N–H and O–H groups in total. The van der Waals surface area contributed by atoms with Crippen LogP contribution in [0.15, 0.2) is 0 Å². The molecule has 0 aromatic carbocycles. The first-order valence-corrected chi connectivity index (χ1v) is 35.2. The van der Waals surface area contributed by atoms with Crippen LogP contribution in [0.5, 0.6) is 0 Å². The fourth-order valence-corrected chi connectivity index (χ4v) is 14.7. The van der Waals surface area contributed by atoms with E-state index >= 15 is 0 Å². The summed E-state index contributed by atoms with van der Waals surface area (Å²) in [5.74, 6) is 0. The Morgan fingerprint density at radius 2 is 0.300 bits per heavy atom. The van der Waals surface area contributed by atoms with Gasteiger partial charge in [-0.25, -0.2) is 0 Å². The van der Waals surface area contributed by atoms with E-state index in [0.29, 0.717) is 0 Å². The predicted octanol–water partition coefficient (Wildman–Crippen LogP) is -21.8. The first-order chi connectivity index (χ1) is 52.3. The van der Waals surface area contributed by atoms with Crippen molar-refractivity contribution in [2.45, 2.75) is 307 Å². The highest BCUT2D eigenvalue weighted by Gasteiger charge is 2.62. The Kier molecular flexibility index (Phi) is 30.6. The quantitative estimate of drug-likeness (QED) is 0.0768. The fraction of sp³-hybridized carbons (Fsp3) is 1.00. The van der Waals surface area contributed by atoms with Gasteiger partial charge in [-0.2, -0.15) is 0 Å². The molecule has 110 heavy (non-hydrogen) atoms. The van der Waals surface area contributed by atoms with Crippen LogP contribution in [0.3, 0.4) is 0 Å². The Labute approximate surface area is 619 Å². The third-order valence-electron chi connectivity index (χ3n) is 21.1. The molecule has 0 saturated carbocycles. The van der Waals surface area contributed by atoms with E-state index in [2.05, 4.69) is 0 Å².